The van der Waals surface area contributed by atoms with Crippen molar-refractivity contribution in [2.75, 3.05) is 7.11 Å². The SMILES string of the molecule is COC(=O)/C(=C\c1ccc(F)c(Br)c1)c1cc(=O)[nH]c(=S)[nH]1. The number of H-pyrrole nitrogens is 2. The van der Waals surface area contributed by atoms with Gasteiger partial charge in [-0.2, -0.15) is 0 Å². The molecular formula is C14H10BrFN2O3S. The Bertz CT molecular complexity index is 845. The van der Waals surface area contributed by atoms with Crippen molar-refractivity contribution in [3.05, 3.63) is 60.9 Å². The van der Waals surface area contributed by atoms with Crippen LogP contribution in [0.4, 0.5) is 4.39 Å². The predicted molar refractivity (Wildman–Crippen MR) is 86.2 cm³/mol. The first-order chi connectivity index (χ1) is 10.4. The first kappa shape index (κ1) is 16.3. The van der Waals surface area contributed by atoms with Crippen LogP contribution in [0.5, 0.6) is 0 Å². The van der Waals surface area contributed by atoms with E-state index in [1.165, 1.54) is 37.5 Å². The molecule has 2 aromatic rings. The molecule has 0 aliphatic carbocycles. The van der Waals surface area contributed by atoms with E-state index in [0.717, 1.165) is 0 Å². The quantitative estimate of drug-likeness (QED) is 0.484. The summed E-state index contributed by atoms with van der Waals surface area (Å²) in [6, 6.07) is 5.44. The maximum absolute atomic E-state index is 13.3. The Hall–Kier alpha value is -2.06. The Kier molecular flexibility index (Phi) is 5.04. The van der Waals surface area contributed by atoms with Gasteiger partial charge in [-0.05, 0) is 51.9 Å². The predicted octanol–water partition coefficient (Wildman–Crippen LogP) is 3.05. The topological polar surface area (TPSA) is 75.0 Å². The van der Waals surface area contributed by atoms with Crippen molar-refractivity contribution in [1.82, 2.24) is 9.97 Å². The van der Waals surface area contributed by atoms with Crippen molar-refractivity contribution in [1.29, 1.82) is 0 Å². The molecule has 0 fully saturated rings. The van der Waals surface area contributed by atoms with Gasteiger partial charge in [0.05, 0.1) is 22.8 Å². The van der Waals surface area contributed by atoms with Gasteiger partial charge in [0, 0.05) is 6.07 Å². The number of hydrogen-bond acceptors (Lipinski definition) is 4. The Morgan fingerprint density at radius 3 is 2.68 bits per heavy atom. The van der Waals surface area contributed by atoms with Crippen LogP contribution in [0.15, 0.2) is 33.5 Å². The van der Waals surface area contributed by atoms with Crippen molar-refractivity contribution >= 4 is 45.8 Å². The Morgan fingerprint density at radius 1 is 1.36 bits per heavy atom. The van der Waals surface area contributed by atoms with E-state index < -0.39 is 17.3 Å². The van der Waals surface area contributed by atoms with Gasteiger partial charge in [-0.3, -0.25) is 9.78 Å². The largest absolute Gasteiger partial charge is 0.465 e. The molecule has 8 heteroatoms. The summed E-state index contributed by atoms with van der Waals surface area (Å²) in [5.41, 5.74) is 0.404. The standard InChI is InChI=1S/C14H10BrFN2O3S/c1-21-13(20)8(11-6-12(19)18-14(22)17-11)4-7-2-3-10(16)9(15)5-7/h2-6H,1H3,(H2,17,18,19,22)/b8-4-. The lowest BCUT2D eigenvalue weighted by molar-refractivity contribution is -0.133. The molecule has 0 aliphatic heterocycles. The van der Waals surface area contributed by atoms with E-state index in [0.29, 0.717) is 5.56 Å². The zero-order valence-electron chi connectivity index (χ0n) is 11.3. The minimum Gasteiger partial charge on any atom is -0.465 e. The number of halogens is 2. The fraction of sp³-hybridized carbons (Fsp3) is 0.0714. The lowest BCUT2D eigenvalue weighted by atomic mass is 10.1. The second-order valence-corrected chi connectivity index (χ2v) is 5.49. The minimum absolute atomic E-state index is 0.0811. The van der Waals surface area contributed by atoms with Gasteiger partial charge in [0.2, 0.25) is 0 Å². The zero-order valence-corrected chi connectivity index (χ0v) is 13.7. The summed E-state index contributed by atoms with van der Waals surface area (Å²) in [5.74, 6) is -1.08. The van der Waals surface area contributed by atoms with Crippen LogP contribution >= 0.6 is 28.1 Å². The van der Waals surface area contributed by atoms with E-state index in [4.69, 9.17) is 17.0 Å². The van der Waals surface area contributed by atoms with Crippen molar-refractivity contribution < 1.29 is 13.9 Å². The van der Waals surface area contributed by atoms with E-state index >= 15 is 0 Å². The Labute approximate surface area is 138 Å². The highest BCUT2D eigenvalue weighted by atomic mass is 79.9. The molecule has 0 aliphatic rings. The molecular weight excluding hydrogens is 375 g/mol. The average molecular weight is 385 g/mol. The maximum Gasteiger partial charge on any atom is 0.339 e. The summed E-state index contributed by atoms with van der Waals surface area (Å²) in [6.07, 6.45) is 1.47. The molecule has 0 radical (unpaired) electrons. The van der Waals surface area contributed by atoms with Gasteiger partial charge >= 0.3 is 5.97 Å². The van der Waals surface area contributed by atoms with Crippen LogP contribution in [0.25, 0.3) is 11.6 Å². The molecule has 0 spiro atoms. The number of ether oxygens (including phenoxy) is 1. The molecule has 0 amide bonds. The van der Waals surface area contributed by atoms with Crippen LogP contribution in [0.2, 0.25) is 0 Å². The second kappa shape index (κ2) is 6.80. The summed E-state index contributed by atoms with van der Waals surface area (Å²) in [5, 5.41) is 0. The van der Waals surface area contributed by atoms with Gasteiger partial charge in [-0.25, -0.2) is 9.18 Å². The normalized spacial score (nSPS) is 11.3. The van der Waals surface area contributed by atoms with Gasteiger partial charge in [0.15, 0.2) is 4.77 Å². The monoisotopic (exact) mass is 384 g/mol. The van der Waals surface area contributed by atoms with Crippen LogP contribution in [0.1, 0.15) is 11.3 Å². The van der Waals surface area contributed by atoms with E-state index in [-0.39, 0.29) is 20.5 Å². The number of esters is 1. The fourth-order valence-electron chi connectivity index (χ4n) is 1.74. The first-order valence-electron chi connectivity index (χ1n) is 6.00. The van der Waals surface area contributed by atoms with Crippen molar-refractivity contribution in [2.45, 2.75) is 0 Å². The number of carbonyl (C=O) groups is 1. The number of carbonyl (C=O) groups excluding carboxylic acids is 1. The smallest absolute Gasteiger partial charge is 0.339 e. The molecule has 0 atom stereocenters. The number of benzene rings is 1. The number of nitrogens with one attached hydrogen (secondary N) is 2. The van der Waals surface area contributed by atoms with Crippen LogP contribution in [0, 0.1) is 10.6 Å². The molecule has 114 valence electrons. The van der Waals surface area contributed by atoms with Gasteiger partial charge in [-0.15, -0.1) is 0 Å². The van der Waals surface area contributed by atoms with Crippen LogP contribution < -0.4 is 5.56 Å². The van der Waals surface area contributed by atoms with Crippen LogP contribution in [0.3, 0.4) is 0 Å². The average Bonchev–Trinajstić information content (AvgIpc) is 2.46. The van der Waals surface area contributed by atoms with Crippen molar-refractivity contribution in [3.63, 3.8) is 0 Å². The molecule has 2 rings (SSSR count). The molecule has 1 heterocycles. The third-order valence-electron chi connectivity index (χ3n) is 2.71. The first-order valence-corrected chi connectivity index (χ1v) is 7.20. The Balaban J connectivity index is 2.61. The highest BCUT2D eigenvalue weighted by Crippen LogP contribution is 2.21. The molecule has 2 N–H and O–H groups in total. The number of aromatic nitrogens is 2. The summed E-state index contributed by atoms with van der Waals surface area (Å²) in [4.78, 5) is 28.5. The molecule has 0 saturated carbocycles. The van der Waals surface area contributed by atoms with Crippen molar-refractivity contribution in [3.8, 4) is 0 Å². The number of hydrogen-bond donors (Lipinski definition) is 2. The van der Waals surface area contributed by atoms with Gasteiger partial charge < -0.3 is 9.72 Å². The van der Waals surface area contributed by atoms with E-state index in [1.807, 2.05) is 0 Å². The van der Waals surface area contributed by atoms with Crippen LogP contribution in [-0.4, -0.2) is 23.0 Å². The molecule has 0 unspecified atom stereocenters. The maximum atomic E-state index is 13.3. The highest BCUT2D eigenvalue weighted by molar-refractivity contribution is 9.10. The second-order valence-electron chi connectivity index (χ2n) is 4.22. The zero-order chi connectivity index (χ0) is 16.3. The number of aromatic amines is 2. The molecule has 5 nitrogen and oxygen atoms in total. The molecule has 1 aromatic heterocycles. The van der Waals surface area contributed by atoms with Crippen molar-refractivity contribution in [2.24, 2.45) is 0 Å². The Morgan fingerprint density at radius 2 is 2.09 bits per heavy atom. The van der Waals surface area contributed by atoms with Crippen LogP contribution in [-0.2, 0) is 9.53 Å². The molecule has 1 aromatic carbocycles. The van der Waals surface area contributed by atoms with Gasteiger partial charge in [0.25, 0.3) is 5.56 Å². The fourth-order valence-corrected chi connectivity index (χ4v) is 2.35. The molecule has 22 heavy (non-hydrogen) atoms. The third-order valence-corrected chi connectivity index (χ3v) is 3.52. The van der Waals surface area contributed by atoms with E-state index in [2.05, 4.69) is 25.9 Å². The summed E-state index contributed by atoms with van der Waals surface area (Å²) in [6.45, 7) is 0. The third kappa shape index (κ3) is 3.77. The van der Waals surface area contributed by atoms with E-state index in [9.17, 15) is 14.0 Å². The number of rotatable bonds is 3. The van der Waals surface area contributed by atoms with E-state index in [1.54, 1.807) is 0 Å². The summed E-state index contributed by atoms with van der Waals surface area (Å²) < 4.78 is 18.3. The number of methoxy groups -OCH3 is 1. The molecule has 0 bridgehead atoms. The highest BCUT2D eigenvalue weighted by Gasteiger charge is 2.14. The minimum atomic E-state index is -0.656. The lowest BCUT2D eigenvalue weighted by Crippen LogP contribution is -2.12. The molecule has 0 saturated heterocycles. The summed E-state index contributed by atoms with van der Waals surface area (Å²) in [7, 11) is 1.22. The summed E-state index contributed by atoms with van der Waals surface area (Å²) >= 11 is 7.95. The lowest BCUT2D eigenvalue weighted by Gasteiger charge is -2.06. The van der Waals surface area contributed by atoms with Gasteiger partial charge in [-0.1, -0.05) is 6.07 Å². The van der Waals surface area contributed by atoms with Gasteiger partial charge in [0.1, 0.15) is 5.82 Å².